The van der Waals surface area contributed by atoms with Gasteiger partial charge in [0, 0.05) is 18.1 Å². The lowest BCUT2D eigenvalue weighted by Crippen LogP contribution is -2.56. The summed E-state index contributed by atoms with van der Waals surface area (Å²) in [5.74, 6) is -1.10. The monoisotopic (exact) mass is 446 g/mol. The van der Waals surface area contributed by atoms with Crippen molar-refractivity contribution in [3.05, 3.63) is 29.6 Å². The highest BCUT2D eigenvalue weighted by molar-refractivity contribution is 7.96. The topological polar surface area (TPSA) is 83.5 Å². The van der Waals surface area contributed by atoms with Gasteiger partial charge < -0.3 is 5.32 Å². The third-order valence-electron chi connectivity index (χ3n) is 6.17. The van der Waals surface area contributed by atoms with Crippen LogP contribution in [0.25, 0.3) is 0 Å². The van der Waals surface area contributed by atoms with Gasteiger partial charge in [0.25, 0.3) is 0 Å². The summed E-state index contributed by atoms with van der Waals surface area (Å²) >= 11 is 0. The Morgan fingerprint density at radius 1 is 1.17 bits per heavy atom. The molecule has 2 fully saturated rings. The van der Waals surface area contributed by atoms with Gasteiger partial charge in [0.2, 0.25) is 0 Å². The Hall–Kier alpha value is -1.03. The molecule has 0 saturated carbocycles. The molecule has 0 aromatic heterocycles. The fraction of sp³-hybridized carbons (Fsp3) is 0.700. The smallest absolute Gasteiger partial charge is 0.183 e. The van der Waals surface area contributed by atoms with Gasteiger partial charge in [0.05, 0.1) is 21.7 Å². The van der Waals surface area contributed by atoms with Gasteiger partial charge >= 0.3 is 0 Å². The Bertz CT molecular complexity index is 955. The molecule has 29 heavy (non-hydrogen) atoms. The van der Waals surface area contributed by atoms with Gasteiger partial charge in [0.15, 0.2) is 19.7 Å². The van der Waals surface area contributed by atoms with Crippen molar-refractivity contribution in [1.29, 1.82) is 0 Å². The summed E-state index contributed by atoms with van der Waals surface area (Å²) in [5.41, 5.74) is 0.0238. The van der Waals surface area contributed by atoms with Crippen molar-refractivity contribution in [2.75, 3.05) is 31.1 Å². The summed E-state index contributed by atoms with van der Waals surface area (Å²) in [4.78, 5) is 2.35. The molecule has 1 aromatic rings. The maximum atomic E-state index is 13.6. The van der Waals surface area contributed by atoms with E-state index in [1.54, 1.807) is 0 Å². The van der Waals surface area contributed by atoms with Crippen LogP contribution in [0.15, 0.2) is 23.1 Å². The van der Waals surface area contributed by atoms with Crippen LogP contribution in [-0.4, -0.2) is 69.7 Å². The molecule has 2 saturated heterocycles. The molecule has 0 bridgehead atoms. The van der Waals surface area contributed by atoms with E-state index in [9.17, 15) is 21.2 Å². The fourth-order valence-electron chi connectivity index (χ4n) is 4.27. The molecule has 0 amide bonds. The van der Waals surface area contributed by atoms with Gasteiger partial charge in [-0.15, -0.1) is 0 Å². The predicted molar refractivity (Wildman–Crippen MR) is 112 cm³/mol. The molecular weight excluding hydrogens is 415 g/mol. The highest BCUT2D eigenvalue weighted by Gasteiger charge is 2.46. The van der Waals surface area contributed by atoms with E-state index in [0.717, 1.165) is 32.0 Å². The van der Waals surface area contributed by atoms with Crippen molar-refractivity contribution in [3.63, 3.8) is 0 Å². The van der Waals surface area contributed by atoms with Crippen LogP contribution in [0, 0.1) is 12.7 Å². The minimum atomic E-state index is -3.91. The third-order valence-corrected chi connectivity index (χ3v) is 10.3. The molecule has 2 heterocycles. The summed E-state index contributed by atoms with van der Waals surface area (Å²) in [5, 5.41) is 2.18. The maximum absolute atomic E-state index is 13.6. The van der Waals surface area contributed by atoms with Crippen molar-refractivity contribution in [2.24, 2.45) is 0 Å². The van der Waals surface area contributed by atoms with Crippen LogP contribution in [0.1, 0.15) is 38.7 Å². The molecule has 1 N–H and O–H groups in total. The standard InChI is InChI=1S/C20H31FN2O4S2/c1-15-11-16(7-8-17(15)21)29(26,27)19-13-28(24,25)12-18(19)22-14-20(2,3)23-9-5-4-6-10-23/h7-8,11,18-19,22H,4-6,9-10,12-14H2,1-3H3/t18-,19-/m0/s1. The lowest BCUT2D eigenvalue weighted by Gasteiger charge is -2.42. The number of nitrogens with one attached hydrogen (secondary N) is 1. The number of likely N-dealkylation sites (tertiary alicyclic amines) is 1. The van der Waals surface area contributed by atoms with Crippen LogP contribution in [0.3, 0.4) is 0 Å². The van der Waals surface area contributed by atoms with Gasteiger partial charge in [-0.1, -0.05) is 6.42 Å². The van der Waals surface area contributed by atoms with Crippen LogP contribution in [0.2, 0.25) is 0 Å². The molecular formula is C20H31FN2O4S2. The number of piperidine rings is 1. The Morgan fingerprint density at radius 3 is 2.45 bits per heavy atom. The van der Waals surface area contributed by atoms with Crippen molar-refractivity contribution in [2.45, 2.75) is 61.8 Å². The van der Waals surface area contributed by atoms with Crippen LogP contribution < -0.4 is 5.32 Å². The molecule has 2 aliphatic heterocycles. The lowest BCUT2D eigenvalue weighted by atomic mass is 9.98. The van der Waals surface area contributed by atoms with Crippen molar-refractivity contribution in [1.82, 2.24) is 10.2 Å². The molecule has 164 valence electrons. The van der Waals surface area contributed by atoms with E-state index in [1.807, 2.05) is 0 Å². The highest BCUT2D eigenvalue weighted by atomic mass is 32.2. The lowest BCUT2D eigenvalue weighted by molar-refractivity contribution is 0.0925. The molecule has 3 rings (SSSR count). The number of halogens is 1. The molecule has 2 aliphatic rings. The molecule has 0 spiro atoms. The highest BCUT2D eigenvalue weighted by Crippen LogP contribution is 2.28. The van der Waals surface area contributed by atoms with Crippen LogP contribution in [-0.2, 0) is 19.7 Å². The van der Waals surface area contributed by atoms with Crippen molar-refractivity contribution >= 4 is 19.7 Å². The zero-order valence-electron chi connectivity index (χ0n) is 17.3. The largest absolute Gasteiger partial charge is 0.310 e. The van der Waals surface area contributed by atoms with Gasteiger partial charge in [-0.25, -0.2) is 21.2 Å². The molecule has 1 aromatic carbocycles. The first-order valence-electron chi connectivity index (χ1n) is 10.1. The molecule has 6 nitrogen and oxygen atoms in total. The zero-order valence-corrected chi connectivity index (χ0v) is 19.0. The second kappa shape index (κ2) is 8.24. The second-order valence-corrected chi connectivity index (χ2v) is 13.2. The number of nitrogens with zero attached hydrogens (tertiary/aromatic N) is 1. The molecule has 0 unspecified atom stereocenters. The number of hydrogen-bond donors (Lipinski definition) is 1. The summed E-state index contributed by atoms with van der Waals surface area (Å²) in [7, 11) is -7.39. The summed E-state index contributed by atoms with van der Waals surface area (Å²) in [6.07, 6.45) is 3.50. The fourth-order valence-corrected chi connectivity index (χ4v) is 9.07. The van der Waals surface area contributed by atoms with E-state index in [-0.39, 0.29) is 21.8 Å². The second-order valence-electron chi connectivity index (χ2n) is 8.92. The Kier molecular flexibility index (Phi) is 6.44. The average Bonchev–Trinajstić information content (AvgIpc) is 2.98. The summed E-state index contributed by atoms with van der Waals surface area (Å²) < 4.78 is 64.6. The Balaban J connectivity index is 1.80. The molecule has 2 atom stereocenters. The number of benzene rings is 1. The number of hydrogen-bond acceptors (Lipinski definition) is 6. The van der Waals surface area contributed by atoms with Crippen molar-refractivity contribution < 1.29 is 21.2 Å². The van der Waals surface area contributed by atoms with E-state index >= 15 is 0 Å². The van der Waals surface area contributed by atoms with Gasteiger partial charge in [0.1, 0.15) is 5.82 Å². The predicted octanol–water partition coefficient (Wildman–Crippen LogP) is 1.93. The van der Waals surface area contributed by atoms with Crippen LogP contribution in [0.5, 0.6) is 0 Å². The first-order chi connectivity index (χ1) is 13.4. The van der Waals surface area contributed by atoms with Gasteiger partial charge in [-0.05, 0) is 70.5 Å². The number of rotatable bonds is 6. The summed E-state index contributed by atoms with van der Waals surface area (Å²) in [6, 6.07) is 2.94. The van der Waals surface area contributed by atoms with Gasteiger partial charge in [-0.2, -0.15) is 0 Å². The van der Waals surface area contributed by atoms with Crippen LogP contribution >= 0.6 is 0 Å². The average molecular weight is 447 g/mol. The zero-order chi connectivity index (χ0) is 21.4. The van der Waals surface area contributed by atoms with E-state index in [2.05, 4.69) is 24.1 Å². The van der Waals surface area contributed by atoms with E-state index < -0.39 is 42.5 Å². The first-order valence-corrected chi connectivity index (χ1v) is 13.5. The Morgan fingerprint density at radius 2 is 1.83 bits per heavy atom. The van der Waals surface area contributed by atoms with E-state index in [0.29, 0.717) is 6.54 Å². The summed E-state index contributed by atoms with van der Waals surface area (Å²) in [6.45, 7) is 8.18. The van der Waals surface area contributed by atoms with Crippen LogP contribution in [0.4, 0.5) is 4.39 Å². The Labute approximate surface area is 173 Å². The number of sulfone groups is 2. The van der Waals surface area contributed by atoms with Gasteiger partial charge in [-0.3, -0.25) is 4.90 Å². The molecule has 0 radical (unpaired) electrons. The van der Waals surface area contributed by atoms with Crippen molar-refractivity contribution in [3.8, 4) is 0 Å². The third kappa shape index (κ3) is 5.00. The number of aryl methyl sites for hydroxylation is 1. The minimum absolute atomic E-state index is 0.0272. The SMILES string of the molecule is Cc1cc(S(=O)(=O)[C@H]2CS(=O)(=O)C[C@@H]2NCC(C)(C)N2CCCCC2)ccc1F. The normalized spacial score (nSPS) is 25.9. The maximum Gasteiger partial charge on any atom is 0.183 e. The minimum Gasteiger partial charge on any atom is -0.310 e. The first kappa shape index (κ1) is 22.7. The molecule has 9 heteroatoms. The molecule has 0 aliphatic carbocycles. The quantitative estimate of drug-likeness (QED) is 0.673. The van der Waals surface area contributed by atoms with E-state index in [4.69, 9.17) is 0 Å². The van der Waals surface area contributed by atoms with E-state index in [1.165, 1.54) is 25.5 Å².